The Hall–Kier alpha value is -0.0800. The largest absolute Gasteiger partial charge is 0.326 e. The Labute approximate surface area is 101 Å². The van der Waals surface area contributed by atoms with Gasteiger partial charge in [-0.2, -0.15) is 0 Å². The summed E-state index contributed by atoms with van der Waals surface area (Å²) in [6.07, 6.45) is 5.45. The Kier molecular flexibility index (Phi) is 3.33. The summed E-state index contributed by atoms with van der Waals surface area (Å²) in [5.74, 6) is 0.971. The van der Waals surface area contributed by atoms with Gasteiger partial charge in [-0.3, -0.25) is 4.90 Å². The van der Waals surface area contributed by atoms with Crippen molar-refractivity contribution in [1.29, 1.82) is 0 Å². The maximum absolute atomic E-state index is 6.45. The zero-order valence-electron chi connectivity index (χ0n) is 11.4. The molecule has 2 saturated carbocycles. The van der Waals surface area contributed by atoms with Gasteiger partial charge in [0.1, 0.15) is 0 Å². The lowest BCUT2D eigenvalue weighted by Crippen LogP contribution is -2.52. The average Bonchev–Trinajstić information content (AvgIpc) is 2.95. The van der Waals surface area contributed by atoms with E-state index >= 15 is 0 Å². The van der Waals surface area contributed by atoms with Crippen molar-refractivity contribution in [3.05, 3.63) is 0 Å². The molecule has 0 aromatic carbocycles. The number of nitrogens with two attached hydrogens (primary N) is 1. The third kappa shape index (κ3) is 2.43. The highest BCUT2D eigenvalue weighted by Gasteiger charge is 2.43. The Morgan fingerprint density at radius 3 is 2.25 bits per heavy atom. The van der Waals surface area contributed by atoms with Crippen molar-refractivity contribution >= 4 is 0 Å². The molecule has 2 fully saturated rings. The van der Waals surface area contributed by atoms with Gasteiger partial charge in [-0.1, -0.05) is 13.8 Å². The number of rotatable bonds is 4. The summed E-state index contributed by atoms with van der Waals surface area (Å²) in [5.41, 5.74) is 6.78. The fraction of sp³-hybridized carbons (Fsp3) is 1.00. The first-order chi connectivity index (χ1) is 7.42. The smallest absolute Gasteiger partial charge is 0.0255 e. The minimum atomic E-state index is 0.335. The molecule has 2 aliphatic rings. The molecule has 0 aromatic rings. The standard InChI is InChI=1S/C14H28N2/c1-10(2)16(9-11-5-6-11)12-7-8-14(3,4)13(12)15/h10-13H,5-9,15H2,1-4H3. The molecule has 0 aromatic heterocycles. The summed E-state index contributed by atoms with van der Waals surface area (Å²) in [6, 6.07) is 1.62. The molecule has 2 heteroatoms. The van der Waals surface area contributed by atoms with Gasteiger partial charge in [0.05, 0.1) is 0 Å². The van der Waals surface area contributed by atoms with E-state index in [0.717, 1.165) is 5.92 Å². The summed E-state index contributed by atoms with van der Waals surface area (Å²) in [6.45, 7) is 10.6. The van der Waals surface area contributed by atoms with Crippen molar-refractivity contribution in [2.45, 2.75) is 71.5 Å². The van der Waals surface area contributed by atoms with E-state index in [-0.39, 0.29) is 0 Å². The van der Waals surface area contributed by atoms with Crippen LogP contribution in [-0.2, 0) is 0 Å². The van der Waals surface area contributed by atoms with Crippen LogP contribution in [0.15, 0.2) is 0 Å². The van der Waals surface area contributed by atoms with Crippen LogP contribution < -0.4 is 5.73 Å². The second-order valence-corrected chi connectivity index (χ2v) is 6.85. The van der Waals surface area contributed by atoms with E-state index in [9.17, 15) is 0 Å². The molecule has 2 atom stereocenters. The number of hydrogen-bond acceptors (Lipinski definition) is 2. The number of nitrogens with zero attached hydrogens (tertiary/aromatic N) is 1. The van der Waals surface area contributed by atoms with Crippen LogP contribution in [0.5, 0.6) is 0 Å². The zero-order valence-corrected chi connectivity index (χ0v) is 11.4. The van der Waals surface area contributed by atoms with Gasteiger partial charge >= 0.3 is 0 Å². The molecule has 2 aliphatic carbocycles. The first-order valence-electron chi connectivity index (χ1n) is 6.93. The molecule has 2 N–H and O–H groups in total. The lowest BCUT2D eigenvalue weighted by atomic mass is 9.87. The van der Waals surface area contributed by atoms with E-state index in [0.29, 0.717) is 23.5 Å². The minimum absolute atomic E-state index is 0.335. The molecule has 0 spiro atoms. The van der Waals surface area contributed by atoms with Crippen molar-refractivity contribution < 1.29 is 0 Å². The van der Waals surface area contributed by atoms with Gasteiger partial charge in [0.15, 0.2) is 0 Å². The summed E-state index contributed by atoms with van der Waals surface area (Å²) in [4.78, 5) is 2.68. The lowest BCUT2D eigenvalue weighted by Gasteiger charge is -2.37. The van der Waals surface area contributed by atoms with Crippen molar-refractivity contribution in [3.8, 4) is 0 Å². The summed E-state index contributed by atoms with van der Waals surface area (Å²) < 4.78 is 0. The van der Waals surface area contributed by atoms with Crippen molar-refractivity contribution in [2.75, 3.05) is 6.54 Å². The Morgan fingerprint density at radius 2 is 1.88 bits per heavy atom. The highest BCUT2D eigenvalue weighted by molar-refractivity contribution is 5.00. The molecule has 2 nitrogen and oxygen atoms in total. The van der Waals surface area contributed by atoms with Crippen molar-refractivity contribution in [1.82, 2.24) is 4.90 Å². The third-order valence-electron chi connectivity index (χ3n) is 4.66. The minimum Gasteiger partial charge on any atom is -0.326 e. The van der Waals surface area contributed by atoms with Gasteiger partial charge in [0.2, 0.25) is 0 Å². The molecule has 2 rings (SSSR count). The summed E-state index contributed by atoms with van der Waals surface area (Å²) in [5, 5.41) is 0. The highest BCUT2D eigenvalue weighted by Crippen LogP contribution is 2.40. The van der Waals surface area contributed by atoms with Crippen LogP contribution in [0.4, 0.5) is 0 Å². The molecule has 0 bridgehead atoms. The summed E-state index contributed by atoms with van der Waals surface area (Å²) >= 11 is 0. The zero-order chi connectivity index (χ0) is 11.9. The van der Waals surface area contributed by atoms with E-state index in [1.165, 1.54) is 32.2 Å². The van der Waals surface area contributed by atoms with Crippen molar-refractivity contribution in [3.63, 3.8) is 0 Å². The quantitative estimate of drug-likeness (QED) is 0.795. The first kappa shape index (κ1) is 12.4. The molecular weight excluding hydrogens is 196 g/mol. The van der Waals surface area contributed by atoms with E-state index in [1.807, 2.05) is 0 Å². The molecule has 0 aliphatic heterocycles. The van der Waals surface area contributed by atoms with E-state index < -0.39 is 0 Å². The Bertz CT molecular complexity index is 243. The maximum atomic E-state index is 6.45. The highest BCUT2D eigenvalue weighted by atomic mass is 15.2. The molecule has 94 valence electrons. The predicted octanol–water partition coefficient (Wildman–Crippen LogP) is 2.62. The predicted molar refractivity (Wildman–Crippen MR) is 69.3 cm³/mol. The first-order valence-corrected chi connectivity index (χ1v) is 6.93. The Morgan fingerprint density at radius 1 is 1.25 bits per heavy atom. The monoisotopic (exact) mass is 224 g/mol. The average molecular weight is 224 g/mol. The molecule has 0 heterocycles. The van der Waals surface area contributed by atoms with Gasteiger partial charge in [0, 0.05) is 24.7 Å². The van der Waals surface area contributed by atoms with Crippen LogP contribution in [0.3, 0.4) is 0 Å². The van der Waals surface area contributed by atoms with E-state index in [4.69, 9.17) is 5.73 Å². The lowest BCUT2D eigenvalue weighted by molar-refractivity contribution is 0.123. The Balaban J connectivity index is 2.02. The second-order valence-electron chi connectivity index (χ2n) is 6.85. The van der Waals surface area contributed by atoms with Crippen LogP contribution in [0.2, 0.25) is 0 Å². The number of hydrogen-bond donors (Lipinski definition) is 1. The molecule has 16 heavy (non-hydrogen) atoms. The van der Waals surface area contributed by atoms with Crippen LogP contribution >= 0.6 is 0 Å². The molecule has 0 saturated heterocycles. The van der Waals surface area contributed by atoms with Gasteiger partial charge in [-0.15, -0.1) is 0 Å². The van der Waals surface area contributed by atoms with Crippen LogP contribution in [0, 0.1) is 11.3 Å². The van der Waals surface area contributed by atoms with E-state index in [2.05, 4.69) is 32.6 Å². The topological polar surface area (TPSA) is 29.3 Å². The fourth-order valence-corrected chi connectivity index (χ4v) is 3.09. The molecule has 0 amide bonds. The van der Waals surface area contributed by atoms with E-state index in [1.54, 1.807) is 0 Å². The van der Waals surface area contributed by atoms with Gasteiger partial charge in [0.25, 0.3) is 0 Å². The van der Waals surface area contributed by atoms with Crippen LogP contribution in [-0.4, -0.2) is 29.6 Å². The maximum Gasteiger partial charge on any atom is 0.0255 e. The fourth-order valence-electron chi connectivity index (χ4n) is 3.09. The van der Waals surface area contributed by atoms with Gasteiger partial charge in [-0.25, -0.2) is 0 Å². The molecule has 2 unspecified atom stereocenters. The van der Waals surface area contributed by atoms with Crippen LogP contribution in [0.1, 0.15) is 53.4 Å². The normalized spacial score (nSPS) is 33.9. The van der Waals surface area contributed by atoms with Crippen molar-refractivity contribution in [2.24, 2.45) is 17.1 Å². The third-order valence-corrected chi connectivity index (χ3v) is 4.66. The second kappa shape index (κ2) is 4.30. The molecule has 0 radical (unpaired) electrons. The van der Waals surface area contributed by atoms with Gasteiger partial charge < -0.3 is 5.73 Å². The van der Waals surface area contributed by atoms with Crippen LogP contribution in [0.25, 0.3) is 0 Å². The summed E-state index contributed by atoms with van der Waals surface area (Å²) in [7, 11) is 0. The van der Waals surface area contributed by atoms with Gasteiger partial charge in [-0.05, 0) is 50.9 Å². The molecular formula is C14H28N2. The SMILES string of the molecule is CC(C)N(CC1CC1)C1CCC(C)(C)C1N.